The van der Waals surface area contributed by atoms with Gasteiger partial charge in [0.05, 0.1) is 18.2 Å². The molecular formula is C25H18ClN3O. The smallest absolute Gasteiger partial charge is 0.164 e. The zero-order valence-electron chi connectivity index (χ0n) is 16.3. The van der Waals surface area contributed by atoms with Crippen LogP contribution >= 0.6 is 11.6 Å². The molecule has 0 saturated carbocycles. The first kappa shape index (κ1) is 18.4. The number of rotatable bonds is 4. The minimum atomic E-state index is 0.694. The summed E-state index contributed by atoms with van der Waals surface area (Å²) in [4.78, 5) is 4.69. The number of benzene rings is 3. The van der Waals surface area contributed by atoms with E-state index in [0.717, 1.165) is 44.9 Å². The van der Waals surface area contributed by atoms with Crippen molar-refractivity contribution in [3.05, 3.63) is 96.1 Å². The van der Waals surface area contributed by atoms with Crippen LogP contribution in [0.4, 0.5) is 0 Å². The molecular weight excluding hydrogens is 394 g/mol. The Morgan fingerprint density at radius 1 is 0.800 bits per heavy atom. The summed E-state index contributed by atoms with van der Waals surface area (Å²) in [5.74, 6) is 0.821. The Bertz CT molecular complexity index is 1310. The highest BCUT2D eigenvalue weighted by atomic mass is 35.5. The Hall–Kier alpha value is -3.63. The Labute approximate surface area is 179 Å². The van der Waals surface area contributed by atoms with Gasteiger partial charge in [-0.2, -0.15) is 5.10 Å². The molecule has 5 heteroatoms. The van der Waals surface area contributed by atoms with Gasteiger partial charge >= 0.3 is 0 Å². The molecule has 0 atom stereocenters. The summed E-state index contributed by atoms with van der Waals surface area (Å²) in [6.07, 6.45) is 1.83. The van der Waals surface area contributed by atoms with Crippen LogP contribution < -0.4 is 4.74 Å². The van der Waals surface area contributed by atoms with E-state index in [9.17, 15) is 0 Å². The zero-order chi connectivity index (χ0) is 20.5. The second-order valence-electron chi connectivity index (χ2n) is 6.89. The van der Waals surface area contributed by atoms with E-state index in [0.29, 0.717) is 5.02 Å². The quantitative estimate of drug-likeness (QED) is 0.342. The highest BCUT2D eigenvalue weighted by Gasteiger charge is 2.19. The van der Waals surface area contributed by atoms with Crippen LogP contribution in [0.5, 0.6) is 5.75 Å². The highest BCUT2D eigenvalue weighted by molar-refractivity contribution is 6.30. The standard InChI is InChI=1S/C25H18ClN3O/c1-30-21-13-9-17(10-14-21)22-15-16-27-25-23(22)24(18-7-11-19(26)12-8-18)28-29(25)20-5-3-2-4-6-20/h2-16H,1H3. The monoisotopic (exact) mass is 411 g/mol. The van der Waals surface area contributed by atoms with Crippen molar-refractivity contribution in [1.29, 1.82) is 0 Å². The van der Waals surface area contributed by atoms with E-state index in [-0.39, 0.29) is 0 Å². The molecule has 3 aromatic carbocycles. The van der Waals surface area contributed by atoms with Gasteiger partial charge in [0, 0.05) is 16.8 Å². The van der Waals surface area contributed by atoms with Gasteiger partial charge in [0.25, 0.3) is 0 Å². The molecule has 30 heavy (non-hydrogen) atoms. The molecule has 0 bridgehead atoms. The average molecular weight is 412 g/mol. The second-order valence-corrected chi connectivity index (χ2v) is 7.32. The zero-order valence-corrected chi connectivity index (χ0v) is 17.0. The first-order valence-corrected chi connectivity index (χ1v) is 9.96. The van der Waals surface area contributed by atoms with Crippen molar-refractivity contribution in [3.63, 3.8) is 0 Å². The molecule has 0 fully saturated rings. The van der Waals surface area contributed by atoms with Crippen LogP contribution in [0.1, 0.15) is 0 Å². The van der Waals surface area contributed by atoms with E-state index < -0.39 is 0 Å². The molecule has 0 N–H and O–H groups in total. The molecule has 0 unspecified atom stereocenters. The fraction of sp³-hybridized carbons (Fsp3) is 0.0400. The van der Waals surface area contributed by atoms with Crippen LogP contribution in [-0.4, -0.2) is 21.9 Å². The van der Waals surface area contributed by atoms with Crippen molar-refractivity contribution in [2.75, 3.05) is 7.11 Å². The van der Waals surface area contributed by atoms with Crippen molar-refractivity contribution in [3.8, 4) is 33.8 Å². The maximum atomic E-state index is 6.12. The van der Waals surface area contributed by atoms with Crippen LogP contribution in [0, 0.1) is 0 Å². The summed E-state index contributed by atoms with van der Waals surface area (Å²) in [7, 11) is 1.67. The summed E-state index contributed by atoms with van der Waals surface area (Å²) in [6.45, 7) is 0. The lowest BCUT2D eigenvalue weighted by Gasteiger charge is -2.07. The number of fused-ring (bicyclic) bond motifs is 1. The predicted octanol–water partition coefficient (Wildman–Crippen LogP) is 6.42. The molecule has 0 aliphatic heterocycles. The topological polar surface area (TPSA) is 39.9 Å². The molecule has 5 rings (SSSR count). The maximum Gasteiger partial charge on any atom is 0.164 e. The molecule has 2 heterocycles. The summed E-state index contributed by atoms with van der Waals surface area (Å²) in [6, 6.07) is 27.9. The molecule has 0 aliphatic carbocycles. The second kappa shape index (κ2) is 7.65. The third-order valence-electron chi connectivity index (χ3n) is 5.09. The number of nitrogens with zero attached hydrogens (tertiary/aromatic N) is 3. The number of para-hydroxylation sites is 1. The lowest BCUT2D eigenvalue weighted by molar-refractivity contribution is 0.415. The molecule has 0 radical (unpaired) electrons. The van der Waals surface area contributed by atoms with Crippen LogP contribution in [-0.2, 0) is 0 Å². The van der Waals surface area contributed by atoms with E-state index in [4.69, 9.17) is 26.4 Å². The highest BCUT2D eigenvalue weighted by Crippen LogP contribution is 2.37. The number of methoxy groups -OCH3 is 1. The number of pyridine rings is 1. The van der Waals surface area contributed by atoms with Crippen LogP contribution in [0.15, 0.2) is 91.1 Å². The Morgan fingerprint density at radius 2 is 1.50 bits per heavy atom. The van der Waals surface area contributed by atoms with Gasteiger partial charge in [0.2, 0.25) is 0 Å². The number of ether oxygens (including phenoxy) is 1. The van der Waals surface area contributed by atoms with E-state index in [2.05, 4.69) is 12.1 Å². The molecule has 0 spiro atoms. The predicted molar refractivity (Wildman–Crippen MR) is 121 cm³/mol. The van der Waals surface area contributed by atoms with Crippen LogP contribution in [0.2, 0.25) is 5.02 Å². The van der Waals surface area contributed by atoms with E-state index in [1.54, 1.807) is 7.11 Å². The van der Waals surface area contributed by atoms with Crippen molar-refractivity contribution in [2.24, 2.45) is 0 Å². The molecule has 4 nitrogen and oxygen atoms in total. The van der Waals surface area contributed by atoms with Crippen LogP contribution in [0.25, 0.3) is 39.1 Å². The summed E-state index contributed by atoms with van der Waals surface area (Å²) in [5, 5.41) is 6.65. The van der Waals surface area contributed by atoms with Crippen molar-refractivity contribution < 1.29 is 4.74 Å². The molecule has 0 amide bonds. The summed E-state index contributed by atoms with van der Waals surface area (Å²) in [5.41, 5.74) is 5.76. The van der Waals surface area contributed by atoms with E-state index >= 15 is 0 Å². The fourth-order valence-corrected chi connectivity index (χ4v) is 3.74. The van der Waals surface area contributed by atoms with Gasteiger partial charge in [0.15, 0.2) is 5.65 Å². The Balaban J connectivity index is 1.81. The third-order valence-corrected chi connectivity index (χ3v) is 5.34. The minimum Gasteiger partial charge on any atom is -0.497 e. The van der Waals surface area contributed by atoms with Gasteiger partial charge in [-0.05, 0) is 53.6 Å². The minimum absolute atomic E-state index is 0.694. The Kier molecular flexibility index (Phi) is 4.69. The lowest BCUT2D eigenvalue weighted by atomic mass is 9.99. The van der Waals surface area contributed by atoms with E-state index in [1.165, 1.54) is 0 Å². The molecule has 146 valence electrons. The first-order valence-electron chi connectivity index (χ1n) is 9.58. The molecule has 2 aromatic heterocycles. The fourth-order valence-electron chi connectivity index (χ4n) is 3.61. The first-order chi connectivity index (χ1) is 14.7. The molecule has 0 aliphatic rings. The Morgan fingerprint density at radius 3 is 2.20 bits per heavy atom. The normalized spacial score (nSPS) is 11.0. The SMILES string of the molecule is COc1ccc(-c2ccnc3c2c(-c2ccc(Cl)cc2)nn3-c2ccccc2)cc1. The van der Waals surface area contributed by atoms with Gasteiger partial charge < -0.3 is 4.74 Å². The summed E-state index contributed by atoms with van der Waals surface area (Å²) < 4.78 is 7.21. The van der Waals surface area contributed by atoms with Gasteiger partial charge in [-0.15, -0.1) is 0 Å². The number of hydrogen-bond acceptors (Lipinski definition) is 3. The van der Waals surface area contributed by atoms with Crippen molar-refractivity contribution >= 4 is 22.6 Å². The van der Waals surface area contributed by atoms with Gasteiger partial charge in [-0.3, -0.25) is 0 Å². The number of aromatic nitrogens is 3. The van der Waals surface area contributed by atoms with Crippen molar-refractivity contribution in [2.45, 2.75) is 0 Å². The largest absolute Gasteiger partial charge is 0.497 e. The molecule has 0 saturated heterocycles. The van der Waals surface area contributed by atoms with Gasteiger partial charge in [-0.1, -0.05) is 54.1 Å². The molecule has 5 aromatic rings. The van der Waals surface area contributed by atoms with Gasteiger partial charge in [0.1, 0.15) is 11.4 Å². The lowest BCUT2D eigenvalue weighted by Crippen LogP contribution is -1.97. The summed E-state index contributed by atoms with van der Waals surface area (Å²) >= 11 is 6.12. The van der Waals surface area contributed by atoms with Gasteiger partial charge in [-0.25, -0.2) is 9.67 Å². The average Bonchev–Trinajstić information content (AvgIpc) is 3.20. The maximum absolute atomic E-state index is 6.12. The van der Waals surface area contributed by atoms with Crippen molar-refractivity contribution in [1.82, 2.24) is 14.8 Å². The van der Waals surface area contributed by atoms with E-state index in [1.807, 2.05) is 83.7 Å². The van der Waals surface area contributed by atoms with Crippen LogP contribution in [0.3, 0.4) is 0 Å². The third kappa shape index (κ3) is 3.21. The number of hydrogen-bond donors (Lipinski definition) is 0. The number of halogens is 1.